The zero-order valence-electron chi connectivity index (χ0n) is 16.8. The van der Waals surface area contributed by atoms with Gasteiger partial charge in [-0.05, 0) is 52.6 Å². The van der Waals surface area contributed by atoms with E-state index in [1.807, 2.05) is 0 Å². The van der Waals surface area contributed by atoms with Crippen LogP contribution in [0.25, 0.3) is 0 Å². The summed E-state index contributed by atoms with van der Waals surface area (Å²) >= 11 is 1.80. The second-order valence-corrected chi connectivity index (χ2v) is 8.21. The van der Waals surface area contributed by atoms with Crippen molar-refractivity contribution in [3.63, 3.8) is 0 Å². The average Bonchev–Trinajstić information content (AvgIpc) is 2.96. The molecule has 2 rings (SSSR count). The van der Waals surface area contributed by atoms with Gasteiger partial charge in [0.25, 0.3) is 0 Å². The molecule has 148 valence electrons. The molecule has 2 heterocycles. The van der Waals surface area contributed by atoms with Crippen LogP contribution in [0.3, 0.4) is 0 Å². The third-order valence-electron chi connectivity index (χ3n) is 4.87. The van der Waals surface area contributed by atoms with E-state index in [1.54, 1.807) is 18.4 Å². The topological polar surface area (TPSA) is 61.8 Å². The number of thiazole rings is 1. The summed E-state index contributed by atoms with van der Waals surface area (Å²) in [6.45, 7) is 13.2. The Kier molecular flexibility index (Phi) is 9.36. The maximum atomic E-state index is 5.17. The molecule has 1 fully saturated rings. The normalized spacial score (nSPS) is 16.8. The van der Waals surface area contributed by atoms with E-state index in [9.17, 15) is 0 Å². The average molecular weight is 382 g/mol. The third kappa shape index (κ3) is 7.21. The minimum absolute atomic E-state index is 0.688. The summed E-state index contributed by atoms with van der Waals surface area (Å²) in [6, 6.07) is 0. The predicted octanol–water partition coefficient (Wildman–Crippen LogP) is 2.22. The zero-order chi connectivity index (χ0) is 18.8. The van der Waals surface area contributed by atoms with E-state index in [0.717, 1.165) is 63.9 Å². The second kappa shape index (κ2) is 11.5. The monoisotopic (exact) mass is 381 g/mol. The molecule has 0 aliphatic carbocycles. The van der Waals surface area contributed by atoms with Crippen molar-refractivity contribution in [2.45, 2.75) is 40.0 Å². The van der Waals surface area contributed by atoms with E-state index in [4.69, 9.17) is 9.73 Å². The van der Waals surface area contributed by atoms with E-state index < -0.39 is 0 Å². The number of aryl methyl sites for hydroxylation is 2. The largest absolute Gasteiger partial charge is 0.383 e. The van der Waals surface area contributed by atoms with Crippen molar-refractivity contribution in [1.82, 2.24) is 20.5 Å². The number of aromatic nitrogens is 1. The Balaban J connectivity index is 1.72. The highest BCUT2D eigenvalue weighted by atomic mass is 32.1. The first-order valence-electron chi connectivity index (χ1n) is 9.78. The van der Waals surface area contributed by atoms with Crippen LogP contribution in [0.2, 0.25) is 0 Å². The Hall–Kier alpha value is -1.18. The van der Waals surface area contributed by atoms with Gasteiger partial charge in [0, 0.05) is 44.6 Å². The predicted molar refractivity (Wildman–Crippen MR) is 110 cm³/mol. The van der Waals surface area contributed by atoms with Crippen LogP contribution in [0.15, 0.2) is 4.99 Å². The van der Waals surface area contributed by atoms with Crippen LogP contribution in [0.4, 0.5) is 0 Å². The highest BCUT2D eigenvalue weighted by molar-refractivity contribution is 7.11. The molecule has 1 aromatic heterocycles. The Labute approximate surface area is 162 Å². The van der Waals surface area contributed by atoms with Gasteiger partial charge in [-0.25, -0.2) is 4.98 Å². The maximum absolute atomic E-state index is 5.17. The van der Waals surface area contributed by atoms with Crippen molar-refractivity contribution in [3.8, 4) is 0 Å². The fraction of sp³-hybridized carbons (Fsp3) is 0.789. The molecule has 1 aliphatic rings. The van der Waals surface area contributed by atoms with Crippen molar-refractivity contribution in [3.05, 3.63) is 15.6 Å². The number of hydrogen-bond acceptors (Lipinski definition) is 5. The number of nitrogens with one attached hydrogen (secondary N) is 2. The van der Waals surface area contributed by atoms with Crippen LogP contribution in [-0.4, -0.2) is 68.8 Å². The molecule has 26 heavy (non-hydrogen) atoms. The van der Waals surface area contributed by atoms with Crippen molar-refractivity contribution in [2.24, 2.45) is 10.9 Å². The van der Waals surface area contributed by atoms with Crippen LogP contribution in [-0.2, 0) is 11.2 Å². The molecule has 2 N–H and O–H groups in total. The Morgan fingerprint density at radius 3 is 2.69 bits per heavy atom. The molecule has 0 amide bonds. The molecule has 1 aromatic rings. The minimum Gasteiger partial charge on any atom is -0.383 e. The standard InChI is InChI=1S/C19H35N5OS/c1-5-20-19(21-9-6-18-23-15(2)16(3)26-18)22-14-17-7-10-24(11-8-17)12-13-25-4/h17H,5-14H2,1-4H3,(H2,20,21,22). The first-order valence-corrected chi connectivity index (χ1v) is 10.6. The fourth-order valence-electron chi connectivity index (χ4n) is 3.11. The Morgan fingerprint density at radius 2 is 2.08 bits per heavy atom. The summed E-state index contributed by atoms with van der Waals surface area (Å²) in [6.07, 6.45) is 3.40. The lowest BCUT2D eigenvalue weighted by atomic mass is 9.97. The van der Waals surface area contributed by atoms with Gasteiger partial charge in [-0.1, -0.05) is 0 Å². The van der Waals surface area contributed by atoms with Gasteiger partial charge in [-0.15, -0.1) is 11.3 Å². The summed E-state index contributed by atoms with van der Waals surface area (Å²) in [5, 5.41) is 8.01. The van der Waals surface area contributed by atoms with Crippen LogP contribution < -0.4 is 10.6 Å². The number of likely N-dealkylation sites (tertiary alicyclic amines) is 1. The van der Waals surface area contributed by atoms with E-state index in [2.05, 4.69) is 41.3 Å². The number of methoxy groups -OCH3 is 1. The molecule has 0 bridgehead atoms. The lowest BCUT2D eigenvalue weighted by Crippen LogP contribution is -2.40. The number of piperidine rings is 1. The summed E-state index contributed by atoms with van der Waals surface area (Å²) in [5.41, 5.74) is 1.16. The molecule has 0 saturated carbocycles. The SMILES string of the molecule is CCNC(=NCC1CCN(CCOC)CC1)NCCc1nc(C)c(C)s1. The number of rotatable bonds is 9. The molecular formula is C19H35N5OS. The van der Waals surface area contributed by atoms with Gasteiger partial charge in [-0.3, -0.25) is 4.99 Å². The van der Waals surface area contributed by atoms with Crippen LogP contribution >= 0.6 is 11.3 Å². The summed E-state index contributed by atoms with van der Waals surface area (Å²) in [4.78, 5) is 13.2. The lowest BCUT2D eigenvalue weighted by molar-refractivity contribution is 0.121. The number of aliphatic imine (C=N–C) groups is 1. The molecule has 0 aromatic carbocycles. The Bertz CT molecular complexity index is 533. The molecule has 1 saturated heterocycles. The molecular weight excluding hydrogens is 346 g/mol. The van der Waals surface area contributed by atoms with Crippen molar-refractivity contribution in [1.29, 1.82) is 0 Å². The molecule has 1 aliphatic heterocycles. The van der Waals surface area contributed by atoms with Gasteiger partial charge in [0.15, 0.2) is 5.96 Å². The molecule has 6 nitrogen and oxygen atoms in total. The van der Waals surface area contributed by atoms with Gasteiger partial charge in [0.05, 0.1) is 17.3 Å². The van der Waals surface area contributed by atoms with Crippen molar-refractivity contribution < 1.29 is 4.74 Å². The van der Waals surface area contributed by atoms with E-state index in [1.165, 1.54) is 22.7 Å². The number of nitrogens with zero attached hydrogens (tertiary/aromatic N) is 3. The number of ether oxygens (including phenoxy) is 1. The first-order chi connectivity index (χ1) is 12.6. The lowest BCUT2D eigenvalue weighted by Gasteiger charge is -2.31. The van der Waals surface area contributed by atoms with Gasteiger partial charge in [0.2, 0.25) is 0 Å². The van der Waals surface area contributed by atoms with Crippen LogP contribution in [0.1, 0.15) is 35.3 Å². The minimum atomic E-state index is 0.688. The van der Waals surface area contributed by atoms with Crippen LogP contribution in [0.5, 0.6) is 0 Å². The molecule has 0 radical (unpaired) electrons. The molecule has 0 unspecified atom stereocenters. The summed E-state index contributed by atoms with van der Waals surface area (Å²) < 4.78 is 5.17. The highest BCUT2D eigenvalue weighted by Gasteiger charge is 2.18. The Morgan fingerprint density at radius 1 is 1.31 bits per heavy atom. The van der Waals surface area contributed by atoms with E-state index >= 15 is 0 Å². The first kappa shape index (κ1) is 21.1. The summed E-state index contributed by atoms with van der Waals surface area (Å²) in [5.74, 6) is 1.62. The number of hydrogen-bond donors (Lipinski definition) is 2. The molecule has 7 heteroatoms. The second-order valence-electron chi connectivity index (χ2n) is 6.92. The zero-order valence-corrected chi connectivity index (χ0v) is 17.6. The third-order valence-corrected chi connectivity index (χ3v) is 6.01. The van der Waals surface area contributed by atoms with Gasteiger partial charge in [-0.2, -0.15) is 0 Å². The van der Waals surface area contributed by atoms with E-state index in [0.29, 0.717) is 5.92 Å². The van der Waals surface area contributed by atoms with Crippen molar-refractivity contribution in [2.75, 3.05) is 53.0 Å². The van der Waals surface area contributed by atoms with E-state index in [-0.39, 0.29) is 0 Å². The van der Waals surface area contributed by atoms with Gasteiger partial charge >= 0.3 is 0 Å². The highest BCUT2D eigenvalue weighted by Crippen LogP contribution is 2.17. The fourth-order valence-corrected chi connectivity index (χ4v) is 4.04. The number of guanidine groups is 1. The van der Waals surface area contributed by atoms with Crippen molar-refractivity contribution >= 4 is 17.3 Å². The van der Waals surface area contributed by atoms with Gasteiger partial charge in [0.1, 0.15) is 0 Å². The quantitative estimate of drug-likeness (QED) is 0.507. The smallest absolute Gasteiger partial charge is 0.191 e. The molecule has 0 atom stereocenters. The van der Waals surface area contributed by atoms with Gasteiger partial charge < -0.3 is 20.3 Å². The summed E-state index contributed by atoms with van der Waals surface area (Å²) in [7, 11) is 1.77. The maximum Gasteiger partial charge on any atom is 0.191 e. The molecule has 0 spiro atoms. The van der Waals surface area contributed by atoms with Crippen LogP contribution in [0, 0.1) is 19.8 Å².